The number of para-hydroxylation sites is 2. The molecule has 1 aliphatic heterocycles. The molecule has 2 aromatic carbocycles. The highest BCUT2D eigenvalue weighted by Gasteiger charge is 2.30. The molecule has 5 rings (SSSR count). The molecule has 0 amide bonds. The van der Waals surface area contributed by atoms with Gasteiger partial charge in [-0.25, -0.2) is 15.0 Å². The van der Waals surface area contributed by atoms with Crippen molar-refractivity contribution in [2.24, 2.45) is 7.05 Å². The van der Waals surface area contributed by atoms with Crippen LogP contribution < -0.4 is 0 Å². The third-order valence-corrected chi connectivity index (χ3v) is 5.73. The Morgan fingerprint density at radius 2 is 1.77 bits per heavy atom. The lowest BCUT2D eigenvalue weighted by molar-refractivity contribution is -0.137. The number of aromatic nitrogens is 4. The summed E-state index contributed by atoms with van der Waals surface area (Å²) in [5, 5.41) is 0. The van der Waals surface area contributed by atoms with Gasteiger partial charge in [0.15, 0.2) is 5.82 Å². The molecule has 1 aliphatic rings. The van der Waals surface area contributed by atoms with Crippen molar-refractivity contribution in [3.05, 3.63) is 77.4 Å². The number of hydrogen-bond acceptors (Lipinski definition) is 4. The van der Waals surface area contributed by atoms with Gasteiger partial charge in [0.05, 0.1) is 28.8 Å². The van der Waals surface area contributed by atoms with Gasteiger partial charge in [0.2, 0.25) is 0 Å². The minimum atomic E-state index is -4.35. The van der Waals surface area contributed by atoms with Crippen molar-refractivity contribution in [2.75, 3.05) is 6.54 Å². The summed E-state index contributed by atoms with van der Waals surface area (Å²) in [7, 11) is 2.03. The Balaban J connectivity index is 1.33. The molecule has 0 bridgehead atoms. The van der Waals surface area contributed by atoms with Crippen LogP contribution in [0.2, 0.25) is 0 Å². The van der Waals surface area contributed by atoms with Crippen LogP contribution in [0.25, 0.3) is 22.4 Å². The van der Waals surface area contributed by atoms with Crippen LogP contribution in [-0.2, 0) is 32.7 Å². The molecule has 0 fully saturated rings. The lowest BCUT2D eigenvalue weighted by Gasteiger charge is -2.27. The van der Waals surface area contributed by atoms with E-state index in [1.807, 2.05) is 25.2 Å². The summed E-state index contributed by atoms with van der Waals surface area (Å²) in [6, 6.07) is 13.1. The minimum absolute atomic E-state index is 0.455. The Bertz CT molecular complexity index is 1240. The summed E-state index contributed by atoms with van der Waals surface area (Å²) < 4.78 is 40.5. The zero-order valence-electron chi connectivity index (χ0n) is 16.9. The average molecular weight is 423 g/mol. The van der Waals surface area contributed by atoms with Crippen molar-refractivity contribution in [1.82, 2.24) is 24.4 Å². The van der Waals surface area contributed by atoms with Crippen LogP contribution in [0.1, 0.15) is 22.6 Å². The Morgan fingerprint density at radius 1 is 1.00 bits per heavy atom. The summed E-state index contributed by atoms with van der Waals surface area (Å²) in [6.07, 6.45) is -1.80. The fourth-order valence-corrected chi connectivity index (χ4v) is 3.99. The van der Waals surface area contributed by atoms with Gasteiger partial charge in [-0.15, -0.1) is 0 Å². The van der Waals surface area contributed by atoms with E-state index in [2.05, 4.69) is 25.5 Å². The van der Waals surface area contributed by atoms with Crippen molar-refractivity contribution >= 4 is 11.0 Å². The number of alkyl halides is 3. The zero-order valence-corrected chi connectivity index (χ0v) is 16.9. The first-order chi connectivity index (χ1) is 14.9. The van der Waals surface area contributed by atoms with Crippen LogP contribution >= 0.6 is 0 Å². The van der Waals surface area contributed by atoms with Gasteiger partial charge in [-0.1, -0.05) is 24.3 Å². The van der Waals surface area contributed by atoms with Crippen molar-refractivity contribution in [3.63, 3.8) is 0 Å². The van der Waals surface area contributed by atoms with Crippen LogP contribution in [0.3, 0.4) is 0 Å². The number of imidazole rings is 1. The van der Waals surface area contributed by atoms with E-state index in [9.17, 15) is 13.2 Å². The van der Waals surface area contributed by atoms with Crippen LogP contribution in [0.4, 0.5) is 13.2 Å². The molecule has 158 valence electrons. The van der Waals surface area contributed by atoms with Crippen LogP contribution in [0.5, 0.6) is 0 Å². The molecule has 0 spiro atoms. The van der Waals surface area contributed by atoms with E-state index in [0.717, 1.165) is 59.8 Å². The first-order valence-corrected chi connectivity index (χ1v) is 10.0. The highest BCUT2D eigenvalue weighted by Crippen LogP contribution is 2.30. The third kappa shape index (κ3) is 3.79. The number of benzene rings is 2. The summed E-state index contributed by atoms with van der Waals surface area (Å²) in [6.45, 7) is 2.27. The predicted molar refractivity (Wildman–Crippen MR) is 111 cm³/mol. The Hall–Kier alpha value is -3.26. The molecule has 0 aliphatic carbocycles. The molecule has 0 saturated carbocycles. The molecule has 31 heavy (non-hydrogen) atoms. The van der Waals surface area contributed by atoms with Gasteiger partial charge in [0.1, 0.15) is 5.82 Å². The fourth-order valence-electron chi connectivity index (χ4n) is 3.99. The number of halogens is 3. The van der Waals surface area contributed by atoms with E-state index in [-0.39, 0.29) is 0 Å². The maximum Gasteiger partial charge on any atom is 0.416 e. The number of hydrogen-bond donors (Lipinski definition) is 0. The highest BCUT2D eigenvalue weighted by molar-refractivity contribution is 5.75. The lowest BCUT2D eigenvalue weighted by atomic mass is 10.1. The van der Waals surface area contributed by atoms with Gasteiger partial charge in [-0.3, -0.25) is 4.90 Å². The lowest BCUT2D eigenvalue weighted by Crippen LogP contribution is -2.31. The molecule has 0 unspecified atom stereocenters. The summed E-state index contributed by atoms with van der Waals surface area (Å²) in [5.74, 6) is 1.46. The normalized spacial score (nSPS) is 14.7. The molecule has 0 atom stereocenters. The first kappa shape index (κ1) is 19.7. The van der Waals surface area contributed by atoms with Gasteiger partial charge in [0.25, 0.3) is 0 Å². The van der Waals surface area contributed by atoms with Gasteiger partial charge in [0, 0.05) is 43.9 Å². The topological polar surface area (TPSA) is 46.8 Å². The SMILES string of the molecule is Cn1c(CN2CCc3nc(-c4ccc(C(F)(F)F)cc4)ncc3C2)nc2ccccc21. The molecule has 2 aromatic heterocycles. The van der Waals surface area contributed by atoms with E-state index in [4.69, 9.17) is 4.98 Å². The number of rotatable bonds is 3. The summed E-state index contributed by atoms with van der Waals surface area (Å²) >= 11 is 0. The van der Waals surface area contributed by atoms with Crippen molar-refractivity contribution < 1.29 is 13.2 Å². The molecule has 0 saturated heterocycles. The Morgan fingerprint density at radius 3 is 2.52 bits per heavy atom. The molecule has 4 aromatic rings. The van der Waals surface area contributed by atoms with Gasteiger partial charge in [-0.2, -0.15) is 13.2 Å². The molecular formula is C23H20F3N5. The number of fused-ring (bicyclic) bond motifs is 2. The van der Waals surface area contributed by atoms with E-state index >= 15 is 0 Å². The second kappa shape index (κ2) is 7.46. The highest BCUT2D eigenvalue weighted by atomic mass is 19.4. The molecule has 3 heterocycles. The third-order valence-electron chi connectivity index (χ3n) is 5.73. The summed E-state index contributed by atoms with van der Waals surface area (Å²) in [5.41, 5.74) is 4.00. The van der Waals surface area contributed by atoms with Crippen LogP contribution in [0.15, 0.2) is 54.7 Å². The molecule has 0 N–H and O–H groups in total. The molecular weight excluding hydrogens is 403 g/mol. The largest absolute Gasteiger partial charge is 0.416 e. The monoisotopic (exact) mass is 423 g/mol. The fraction of sp³-hybridized carbons (Fsp3) is 0.261. The standard InChI is InChI=1S/C23H20F3N5/c1-30-20-5-3-2-4-19(20)28-21(30)14-31-11-10-18-16(13-31)12-27-22(29-18)15-6-8-17(9-7-15)23(24,25)26/h2-9,12H,10-11,13-14H2,1H3. The number of aryl methyl sites for hydroxylation is 1. The minimum Gasteiger partial charge on any atom is -0.330 e. The van der Waals surface area contributed by atoms with E-state index in [1.54, 1.807) is 6.20 Å². The zero-order chi connectivity index (χ0) is 21.6. The summed E-state index contributed by atoms with van der Waals surface area (Å²) in [4.78, 5) is 16.1. The van der Waals surface area contributed by atoms with Gasteiger partial charge in [-0.05, 0) is 24.3 Å². The van der Waals surface area contributed by atoms with Gasteiger partial charge >= 0.3 is 6.18 Å². The number of nitrogens with zero attached hydrogens (tertiary/aromatic N) is 5. The molecule has 8 heteroatoms. The molecule has 5 nitrogen and oxygen atoms in total. The van der Waals surface area contributed by atoms with Crippen molar-refractivity contribution in [2.45, 2.75) is 25.7 Å². The molecule has 0 radical (unpaired) electrons. The second-order valence-corrected chi connectivity index (χ2v) is 7.78. The second-order valence-electron chi connectivity index (χ2n) is 7.78. The van der Waals surface area contributed by atoms with Crippen LogP contribution in [-0.4, -0.2) is 31.0 Å². The maximum absolute atomic E-state index is 12.8. The smallest absolute Gasteiger partial charge is 0.330 e. The predicted octanol–water partition coefficient (Wildman–Crippen LogP) is 4.61. The van der Waals surface area contributed by atoms with Gasteiger partial charge < -0.3 is 4.57 Å². The van der Waals surface area contributed by atoms with E-state index in [0.29, 0.717) is 17.9 Å². The average Bonchev–Trinajstić information content (AvgIpc) is 3.08. The Labute approximate surface area is 177 Å². The van der Waals surface area contributed by atoms with Crippen molar-refractivity contribution in [3.8, 4) is 11.4 Å². The van der Waals surface area contributed by atoms with Crippen molar-refractivity contribution in [1.29, 1.82) is 0 Å². The Kier molecular flexibility index (Phi) is 4.74. The van der Waals surface area contributed by atoms with E-state index in [1.165, 1.54) is 12.1 Å². The quantitative estimate of drug-likeness (QED) is 0.483. The maximum atomic E-state index is 12.8. The first-order valence-electron chi connectivity index (χ1n) is 10.0. The van der Waals surface area contributed by atoms with E-state index < -0.39 is 11.7 Å². The van der Waals surface area contributed by atoms with Crippen LogP contribution in [0, 0.1) is 0 Å².